The van der Waals surface area contributed by atoms with E-state index in [9.17, 15) is 0 Å². The summed E-state index contributed by atoms with van der Waals surface area (Å²) >= 11 is 0. The predicted octanol–water partition coefficient (Wildman–Crippen LogP) is 3.21. The average molecular weight is 336 g/mol. The van der Waals surface area contributed by atoms with Crippen LogP contribution in [0.15, 0.2) is 55.0 Å². The summed E-state index contributed by atoms with van der Waals surface area (Å²) in [5, 5.41) is 3.37. The fourth-order valence-electron chi connectivity index (χ4n) is 2.45. The minimum atomic E-state index is 0.333. The Morgan fingerprint density at radius 1 is 1.00 bits per heavy atom. The maximum atomic E-state index is 5.18. The molecule has 0 saturated heterocycles. The number of aromatic nitrogens is 3. The number of pyridine rings is 1. The zero-order valence-corrected chi connectivity index (χ0v) is 14.3. The number of benzene rings is 1. The highest BCUT2D eigenvalue weighted by Gasteiger charge is 2.09. The molecule has 0 amide bonds. The van der Waals surface area contributed by atoms with Gasteiger partial charge in [0.05, 0.1) is 14.2 Å². The monoisotopic (exact) mass is 336 g/mol. The molecule has 3 aromatic rings. The van der Waals surface area contributed by atoms with Gasteiger partial charge in [-0.1, -0.05) is 18.2 Å². The van der Waals surface area contributed by atoms with Crippen LogP contribution in [-0.2, 0) is 6.42 Å². The normalized spacial score (nSPS) is 10.3. The summed E-state index contributed by atoms with van der Waals surface area (Å²) < 4.78 is 10.3. The van der Waals surface area contributed by atoms with Crippen LogP contribution in [-0.4, -0.2) is 35.7 Å². The zero-order valence-electron chi connectivity index (χ0n) is 14.3. The van der Waals surface area contributed by atoms with Gasteiger partial charge in [0.25, 0.3) is 0 Å². The number of hydrogen-bond acceptors (Lipinski definition) is 6. The molecule has 3 rings (SSSR count). The van der Waals surface area contributed by atoms with Crippen LogP contribution in [0.4, 0.5) is 5.82 Å². The van der Waals surface area contributed by atoms with Crippen molar-refractivity contribution in [3.8, 4) is 22.9 Å². The Balaban J connectivity index is 1.73. The van der Waals surface area contributed by atoms with Gasteiger partial charge in [-0.3, -0.25) is 4.98 Å². The van der Waals surface area contributed by atoms with Crippen molar-refractivity contribution in [1.29, 1.82) is 0 Å². The van der Waals surface area contributed by atoms with Gasteiger partial charge in [0.1, 0.15) is 11.6 Å². The highest BCUT2D eigenvalue weighted by Crippen LogP contribution is 2.26. The molecular weight excluding hydrogens is 316 g/mol. The van der Waals surface area contributed by atoms with E-state index in [1.54, 1.807) is 32.8 Å². The highest BCUT2D eigenvalue weighted by molar-refractivity contribution is 5.73. The molecule has 0 aliphatic heterocycles. The molecule has 6 heteroatoms. The van der Waals surface area contributed by atoms with Crippen molar-refractivity contribution in [2.45, 2.75) is 6.42 Å². The van der Waals surface area contributed by atoms with Gasteiger partial charge < -0.3 is 14.8 Å². The Labute approximate surface area is 146 Å². The van der Waals surface area contributed by atoms with Crippen molar-refractivity contribution in [3.05, 3.63) is 60.6 Å². The van der Waals surface area contributed by atoms with Gasteiger partial charge in [0, 0.05) is 36.3 Å². The first-order valence-corrected chi connectivity index (χ1v) is 7.98. The van der Waals surface area contributed by atoms with Crippen molar-refractivity contribution >= 4 is 5.82 Å². The quantitative estimate of drug-likeness (QED) is 0.714. The summed E-state index contributed by atoms with van der Waals surface area (Å²) in [6.07, 6.45) is 6.14. The number of nitrogens with one attached hydrogen (secondary N) is 1. The summed E-state index contributed by atoms with van der Waals surface area (Å²) in [5.74, 6) is 1.59. The van der Waals surface area contributed by atoms with Crippen molar-refractivity contribution in [2.75, 3.05) is 26.1 Å². The number of anilines is 1. The first kappa shape index (κ1) is 16.7. The minimum Gasteiger partial charge on any atom is -0.497 e. The van der Waals surface area contributed by atoms with Crippen LogP contribution < -0.4 is 14.8 Å². The second-order valence-corrected chi connectivity index (χ2v) is 5.39. The number of rotatable bonds is 7. The standard InChI is InChI=1S/C19H20N4O2/c1-24-16-7-5-14(6-8-16)9-11-21-18-17(13-22-19(23-18)25-2)15-4-3-10-20-12-15/h3-8,10,12-13H,9,11H2,1-2H3,(H,21,22,23). The van der Waals surface area contributed by atoms with E-state index in [2.05, 4.69) is 32.4 Å². The summed E-state index contributed by atoms with van der Waals surface area (Å²) in [4.78, 5) is 12.8. The molecule has 0 atom stereocenters. The van der Waals surface area contributed by atoms with Crippen molar-refractivity contribution in [1.82, 2.24) is 15.0 Å². The van der Waals surface area contributed by atoms with E-state index in [0.717, 1.165) is 35.7 Å². The molecule has 6 nitrogen and oxygen atoms in total. The van der Waals surface area contributed by atoms with E-state index in [-0.39, 0.29) is 0 Å². The lowest BCUT2D eigenvalue weighted by atomic mass is 10.1. The maximum Gasteiger partial charge on any atom is 0.318 e. The molecule has 2 aromatic heterocycles. The largest absolute Gasteiger partial charge is 0.497 e. The molecule has 0 bridgehead atoms. The SMILES string of the molecule is COc1ccc(CCNc2nc(OC)ncc2-c2cccnc2)cc1. The van der Waals surface area contributed by atoms with Crippen molar-refractivity contribution in [2.24, 2.45) is 0 Å². The summed E-state index contributed by atoms with van der Waals surface area (Å²) in [7, 11) is 3.22. The van der Waals surface area contributed by atoms with Gasteiger partial charge in [-0.2, -0.15) is 4.98 Å². The zero-order chi connectivity index (χ0) is 17.5. The smallest absolute Gasteiger partial charge is 0.318 e. The lowest BCUT2D eigenvalue weighted by molar-refractivity contribution is 0.380. The Morgan fingerprint density at radius 2 is 1.84 bits per heavy atom. The molecule has 0 fully saturated rings. The van der Waals surface area contributed by atoms with Crippen LogP contribution in [0.3, 0.4) is 0 Å². The van der Waals surface area contributed by atoms with Gasteiger partial charge in [0.15, 0.2) is 0 Å². The van der Waals surface area contributed by atoms with Gasteiger partial charge in [-0.05, 0) is 30.2 Å². The first-order valence-electron chi connectivity index (χ1n) is 7.98. The summed E-state index contributed by atoms with van der Waals surface area (Å²) in [5.41, 5.74) is 3.07. The first-order chi connectivity index (χ1) is 12.3. The molecule has 0 saturated carbocycles. The van der Waals surface area contributed by atoms with Crippen LogP contribution >= 0.6 is 0 Å². The molecule has 1 aromatic carbocycles. The molecule has 0 radical (unpaired) electrons. The molecule has 0 unspecified atom stereocenters. The summed E-state index contributed by atoms with van der Waals surface area (Å²) in [6, 6.07) is 12.2. The molecule has 0 spiro atoms. The van der Waals surface area contributed by atoms with Gasteiger partial charge >= 0.3 is 6.01 Å². The molecule has 2 heterocycles. The second-order valence-electron chi connectivity index (χ2n) is 5.39. The second kappa shape index (κ2) is 8.10. The van der Waals surface area contributed by atoms with E-state index >= 15 is 0 Å². The van der Waals surface area contributed by atoms with Crippen molar-refractivity contribution in [3.63, 3.8) is 0 Å². The molecule has 1 N–H and O–H groups in total. The number of methoxy groups -OCH3 is 2. The average Bonchev–Trinajstić information content (AvgIpc) is 2.69. The Hall–Kier alpha value is -3.15. The molecule has 25 heavy (non-hydrogen) atoms. The third kappa shape index (κ3) is 4.23. The Bertz CT molecular complexity index is 807. The third-order valence-corrected chi connectivity index (χ3v) is 3.79. The van der Waals surface area contributed by atoms with Crippen LogP contribution in [0.2, 0.25) is 0 Å². The summed E-state index contributed by atoms with van der Waals surface area (Å²) in [6.45, 7) is 0.736. The van der Waals surface area contributed by atoms with Crippen LogP contribution in [0.1, 0.15) is 5.56 Å². The fraction of sp³-hybridized carbons (Fsp3) is 0.211. The van der Waals surface area contributed by atoms with Crippen molar-refractivity contribution < 1.29 is 9.47 Å². The van der Waals surface area contributed by atoms with E-state index in [1.807, 2.05) is 24.3 Å². The molecule has 128 valence electrons. The van der Waals surface area contributed by atoms with Gasteiger partial charge in [-0.15, -0.1) is 0 Å². The van der Waals surface area contributed by atoms with Crippen LogP contribution in [0.25, 0.3) is 11.1 Å². The number of ether oxygens (including phenoxy) is 2. The van der Waals surface area contributed by atoms with Crippen LogP contribution in [0, 0.1) is 0 Å². The Morgan fingerprint density at radius 3 is 2.52 bits per heavy atom. The van der Waals surface area contributed by atoms with E-state index in [1.165, 1.54) is 5.56 Å². The number of nitrogens with zero attached hydrogens (tertiary/aromatic N) is 3. The third-order valence-electron chi connectivity index (χ3n) is 3.79. The maximum absolute atomic E-state index is 5.18. The molecule has 0 aliphatic rings. The van der Waals surface area contributed by atoms with E-state index < -0.39 is 0 Å². The fourth-order valence-corrected chi connectivity index (χ4v) is 2.45. The van der Waals surface area contributed by atoms with E-state index in [4.69, 9.17) is 9.47 Å². The predicted molar refractivity (Wildman–Crippen MR) is 97.0 cm³/mol. The highest BCUT2D eigenvalue weighted by atomic mass is 16.5. The van der Waals surface area contributed by atoms with E-state index in [0.29, 0.717) is 6.01 Å². The minimum absolute atomic E-state index is 0.333. The van der Waals surface area contributed by atoms with Gasteiger partial charge in [0.2, 0.25) is 0 Å². The molecule has 0 aliphatic carbocycles. The molecular formula is C19H20N4O2. The topological polar surface area (TPSA) is 69.2 Å². The number of hydrogen-bond donors (Lipinski definition) is 1. The van der Waals surface area contributed by atoms with Gasteiger partial charge in [-0.25, -0.2) is 4.98 Å². The lowest BCUT2D eigenvalue weighted by Crippen LogP contribution is -2.09. The lowest BCUT2D eigenvalue weighted by Gasteiger charge is -2.12. The van der Waals surface area contributed by atoms with Crippen LogP contribution in [0.5, 0.6) is 11.8 Å². The Kier molecular flexibility index (Phi) is 5.41.